The standard InChI is InChI=1S/C19H33N3O3.HI/c1-7-20-18(22-13-19(4,5)24-6)21-12-17(23)15-8-10-16(11-9-15)25-14(2)3;/h8-11,14,17,23H,7,12-13H2,1-6H3,(H2,20,21,22);1H. The van der Waals surface area contributed by atoms with Crippen molar-refractivity contribution < 1.29 is 14.6 Å². The number of halogens is 1. The molecule has 6 nitrogen and oxygen atoms in total. The van der Waals surface area contributed by atoms with Crippen LogP contribution in [0.15, 0.2) is 29.3 Å². The molecule has 0 aliphatic heterocycles. The topological polar surface area (TPSA) is 75.1 Å². The van der Waals surface area contributed by atoms with E-state index in [4.69, 9.17) is 9.47 Å². The Hall–Kier alpha value is -1.06. The van der Waals surface area contributed by atoms with Gasteiger partial charge in [-0.3, -0.25) is 4.99 Å². The summed E-state index contributed by atoms with van der Waals surface area (Å²) in [4.78, 5) is 4.51. The molecule has 1 aromatic rings. The number of aliphatic hydroxyl groups is 1. The second-order valence-corrected chi connectivity index (χ2v) is 6.79. The number of methoxy groups -OCH3 is 1. The number of guanidine groups is 1. The fourth-order valence-corrected chi connectivity index (χ4v) is 2.03. The molecule has 1 rings (SSSR count). The molecule has 7 heteroatoms. The molecule has 0 aliphatic rings. The summed E-state index contributed by atoms with van der Waals surface area (Å²) in [6, 6.07) is 7.50. The summed E-state index contributed by atoms with van der Waals surface area (Å²) in [5.41, 5.74) is 0.504. The van der Waals surface area contributed by atoms with Crippen LogP contribution in [-0.2, 0) is 4.74 Å². The van der Waals surface area contributed by atoms with E-state index in [1.165, 1.54) is 0 Å². The van der Waals surface area contributed by atoms with Crippen LogP contribution in [0, 0.1) is 0 Å². The lowest BCUT2D eigenvalue weighted by Crippen LogP contribution is -2.40. The van der Waals surface area contributed by atoms with E-state index in [-0.39, 0.29) is 35.7 Å². The molecule has 26 heavy (non-hydrogen) atoms. The van der Waals surface area contributed by atoms with E-state index >= 15 is 0 Å². The van der Waals surface area contributed by atoms with Crippen molar-refractivity contribution in [3.63, 3.8) is 0 Å². The molecule has 1 atom stereocenters. The smallest absolute Gasteiger partial charge is 0.191 e. The highest BCUT2D eigenvalue weighted by atomic mass is 127. The monoisotopic (exact) mass is 479 g/mol. The summed E-state index contributed by atoms with van der Waals surface area (Å²) in [6.07, 6.45) is -0.500. The molecule has 1 unspecified atom stereocenters. The lowest BCUT2D eigenvalue weighted by Gasteiger charge is -2.22. The number of nitrogens with one attached hydrogen (secondary N) is 2. The molecular formula is C19H34IN3O3. The van der Waals surface area contributed by atoms with Crippen LogP contribution < -0.4 is 15.4 Å². The Labute approximate surface area is 174 Å². The van der Waals surface area contributed by atoms with Crippen LogP contribution in [-0.4, -0.2) is 49.5 Å². The molecule has 0 aromatic heterocycles. The summed E-state index contributed by atoms with van der Waals surface area (Å²) < 4.78 is 11.0. The van der Waals surface area contributed by atoms with Gasteiger partial charge in [0.2, 0.25) is 0 Å². The van der Waals surface area contributed by atoms with Crippen molar-refractivity contribution in [1.29, 1.82) is 0 Å². The Balaban J connectivity index is 0.00000625. The first-order valence-electron chi connectivity index (χ1n) is 8.79. The van der Waals surface area contributed by atoms with Gasteiger partial charge in [-0.25, -0.2) is 0 Å². The van der Waals surface area contributed by atoms with E-state index in [9.17, 15) is 5.11 Å². The number of aliphatic imine (C=N–C) groups is 1. The highest BCUT2D eigenvalue weighted by Gasteiger charge is 2.16. The average molecular weight is 479 g/mol. The lowest BCUT2D eigenvalue weighted by molar-refractivity contribution is 0.0310. The third-order valence-electron chi connectivity index (χ3n) is 3.61. The molecule has 0 spiro atoms. The van der Waals surface area contributed by atoms with Crippen molar-refractivity contribution in [2.24, 2.45) is 4.99 Å². The quantitative estimate of drug-likeness (QED) is 0.289. The minimum atomic E-state index is -0.632. The highest BCUT2D eigenvalue weighted by Crippen LogP contribution is 2.18. The Morgan fingerprint density at radius 3 is 2.31 bits per heavy atom. The van der Waals surface area contributed by atoms with Gasteiger partial charge in [0, 0.05) is 20.2 Å². The van der Waals surface area contributed by atoms with E-state index in [0.717, 1.165) is 17.9 Å². The van der Waals surface area contributed by atoms with Gasteiger partial charge in [-0.05, 0) is 52.3 Å². The summed E-state index contributed by atoms with van der Waals surface area (Å²) in [5.74, 6) is 1.46. The fourth-order valence-electron chi connectivity index (χ4n) is 2.03. The molecule has 1 aromatic carbocycles. The third kappa shape index (κ3) is 9.59. The van der Waals surface area contributed by atoms with E-state index in [1.807, 2.05) is 58.9 Å². The van der Waals surface area contributed by atoms with Crippen LogP contribution in [0.1, 0.15) is 46.3 Å². The molecular weight excluding hydrogens is 445 g/mol. The zero-order valence-corrected chi connectivity index (χ0v) is 19.0. The maximum absolute atomic E-state index is 10.4. The number of hydrogen-bond acceptors (Lipinski definition) is 4. The van der Waals surface area contributed by atoms with Crippen LogP contribution in [0.3, 0.4) is 0 Å². The Kier molecular flexibility index (Phi) is 11.8. The van der Waals surface area contributed by atoms with Gasteiger partial charge < -0.3 is 25.2 Å². The van der Waals surface area contributed by atoms with Crippen molar-refractivity contribution >= 4 is 29.9 Å². The summed E-state index contributed by atoms with van der Waals surface area (Å²) in [7, 11) is 1.67. The van der Waals surface area contributed by atoms with E-state index in [1.54, 1.807) is 7.11 Å². The fraction of sp³-hybridized carbons (Fsp3) is 0.632. The number of aliphatic hydroxyl groups excluding tert-OH is 1. The maximum Gasteiger partial charge on any atom is 0.191 e. The van der Waals surface area contributed by atoms with Crippen molar-refractivity contribution in [3.05, 3.63) is 29.8 Å². The second kappa shape index (κ2) is 12.3. The van der Waals surface area contributed by atoms with Crippen LogP contribution in [0.2, 0.25) is 0 Å². The second-order valence-electron chi connectivity index (χ2n) is 6.79. The van der Waals surface area contributed by atoms with Crippen LogP contribution in [0.5, 0.6) is 5.75 Å². The Morgan fingerprint density at radius 2 is 1.81 bits per heavy atom. The third-order valence-corrected chi connectivity index (χ3v) is 3.61. The van der Waals surface area contributed by atoms with E-state index < -0.39 is 6.10 Å². The van der Waals surface area contributed by atoms with E-state index in [2.05, 4.69) is 15.6 Å². The molecule has 0 radical (unpaired) electrons. The number of ether oxygens (including phenoxy) is 2. The van der Waals surface area contributed by atoms with Crippen LogP contribution in [0.25, 0.3) is 0 Å². The van der Waals surface area contributed by atoms with Gasteiger partial charge in [0.15, 0.2) is 5.96 Å². The van der Waals surface area contributed by atoms with E-state index in [0.29, 0.717) is 19.0 Å². The SMILES string of the molecule is CCNC(=NCC(C)(C)OC)NCC(O)c1ccc(OC(C)C)cc1.I. The molecule has 3 N–H and O–H groups in total. The average Bonchev–Trinajstić information content (AvgIpc) is 2.57. The number of benzene rings is 1. The van der Waals surface area contributed by atoms with Crippen molar-refractivity contribution in [1.82, 2.24) is 10.6 Å². The highest BCUT2D eigenvalue weighted by molar-refractivity contribution is 14.0. The molecule has 150 valence electrons. The minimum Gasteiger partial charge on any atom is -0.491 e. The molecule has 0 saturated carbocycles. The van der Waals surface area contributed by atoms with Crippen molar-refractivity contribution in [3.8, 4) is 5.75 Å². The number of rotatable bonds is 9. The number of nitrogens with zero attached hydrogens (tertiary/aromatic N) is 1. The van der Waals surface area contributed by atoms with Crippen molar-refractivity contribution in [2.45, 2.75) is 52.4 Å². The summed E-state index contributed by atoms with van der Waals surface area (Å²) >= 11 is 0. The molecule has 0 aliphatic carbocycles. The summed E-state index contributed by atoms with van der Waals surface area (Å²) in [5, 5.41) is 16.7. The van der Waals surface area contributed by atoms with Gasteiger partial charge in [0.25, 0.3) is 0 Å². The van der Waals surface area contributed by atoms with Gasteiger partial charge in [0.1, 0.15) is 5.75 Å². The summed E-state index contributed by atoms with van der Waals surface area (Å²) in [6.45, 7) is 11.6. The Bertz CT molecular complexity index is 533. The normalized spacial score (nSPS) is 13.2. The predicted octanol–water partition coefficient (Wildman–Crippen LogP) is 3.11. The first-order valence-corrected chi connectivity index (χ1v) is 8.79. The van der Waals surface area contributed by atoms with Gasteiger partial charge in [-0.2, -0.15) is 0 Å². The molecule has 0 heterocycles. The zero-order valence-electron chi connectivity index (χ0n) is 16.7. The molecule has 0 saturated heterocycles. The Morgan fingerprint density at radius 1 is 1.19 bits per heavy atom. The molecule has 0 fully saturated rings. The van der Waals surface area contributed by atoms with Crippen LogP contribution in [0.4, 0.5) is 0 Å². The van der Waals surface area contributed by atoms with Gasteiger partial charge in [-0.15, -0.1) is 24.0 Å². The maximum atomic E-state index is 10.4. The van der Waals surface area contributed by atoms with Gasteiger partial charge >= 0.3 is 0 Å². The zero-order chi connectivity index (χ0) is 18.9. The molecule has 0 bridgehead atoms. The lowest BCUT2D eigenvalue weighted by atomic mass is 10.1. The largest absolute Gasteiger partial charge is 0.491 e. The predicted molar refractivity (Wildman–Crippen MR) is 118 cm³/mol. The minimum absolute atomic E-state index is 0. The number of hydrogen-bond donors (Lipinski definition) is 3. The van der Waals surface area contributed by atoms with Crippen LogP contribution >= 0.6 is 24.0 Å². The van der Waals surface area contributed by atoms with Crippen molar-refractivity contribution in [2.75, 3.05) is 26.7 Å². The first-order chi connectivity index (χ1) is 11.8. The molecule has 0 amide bonds. The van der Waals surface area contributed by atoms with Gasteiger partial charge in [-0.1, -0.05) is 12.1 Å². The van der Waals surface area contributed by atoms with Gasteiger partial charge in [0.05, 0.1) is 24.4 Å². The first kappa shape index (κ1) is 24.9.